The summed E-state index contributed by atoms with van der Waals surface area (Å²) in [5.41, 5.74) is 1.10. The van der Waals surface area contributed by atoms with E-state index >= 15 is 0 Å². The summed E-state index contributed by atoms with van der Waals surface area (Å²) in [7, 11) is 0. The highest BCUT2D eigenvalue weighted by Crippen LogP contribution is 2.18. The summed E-state index contributed by atoms with van der Waals surface area (Å²) in [5, 5.41) is 3.34. The van der Waals surface area contributed by atoms with Gasteiger partial charge < -0.3 is 10.2 Å². The van der Waals surface area contributed by atoms with Crippen LogP contribution in [-0.4, -0.2) is 57.1 Å². The van der Waals surface area contributed by atoms with Gasteiger partial charge in [-0.2, -0.15) is 0 Å². The minimum absolute atomic E-state index is 0.359. The van der Waals surface area contributed by atoms with Gasteiger partial charge in [0.1, 0.15) is 23.8 Å². The highest BCUT2D eigenvalue weighted by atomic mass is 15.3. The number of nitrogens with zero attached hydrogens (tertiary/aromatic N) is 6. The van der Waals surface area contributed by atoms with E-state index < -0.39 is 0 Å². The summed E-state index contributed by atoms with van der Waals surface area (Å²) in [6.45, 7) is 13.3. The van der Waals surface area contributed by atoms with Crippen LogP contribution >= 0.6 is 0 Å². The first-order valence-corrected chi connectivity index (χ1v) is 9.39. The molecule has 3 rings (SSSR count). The Hall–Kier alpha value is -2.28. The monoisotopic (exact) mass is 355 g/mol. The Balaban J connectivity index is 1.57. The molecule has 0 saturated carbocycles. The van der Waals surface area contributed by atoms with E-state index in [0.717, 1.165) is 55.9 Å². The Morgan fingerprint density at radius 1 is 1.04 bits per heavy atom. The number of rotatable bonds is 6. The van der Waals surface area contributed by atoms with Crippen LogP contribution in [-0.2, 0) is 6.54 Å². The molecular weight excluding hydrogens is 326 g/mol. The van der Waals surface area contributed by atoms with Gasteiger partial charge in [-0.25, -0.2) is 19.9 Å². The molecule has 0 aromatic carbocycles. The van der Waals surface area contributed by atoms with Gasteiger partial charge in [-0.3, -0.25) is 4.90 Å². The molecule has 0 bridgehead atoms. The van der Waals surface area contributed by atoms with Gasteiger partial charge in [0.25, 0.3) is 0 Å². The van der Waals surface area contributed by atoms with Crippen molar-refractivity contribution in [2.75, 3.05) is 36.4 Å². The fourth-order valence-electron chi connectivity index (χ4n) is 3.04. The van der Waals surface area contributed by atoms with Crippen LogP contribution in [0.1, 0.15) is 45.1 Å². The van der Waals surface area contributed by atoms with Gasteiger partial charge in [0.2, 0.25) is 0 Å². The highest BCUT2D eigenvalue weighted by Gasteiger charge is 2.19. The van der Waals surface area contributed by atoms with Gasteiger partial charge in [0, 0.05) is 56.9 Å². The number of aromatic nitrogens is 4. The molecule has 0 aliphatic carbocycles. The van der Waals surface area contributed by atoms with Crippen LogP contribution < -0.4 is 10.2 Å². The molecule has 2 aromatic rings. The van der Waals surface area contributed by atoms with Crippen molar-refractivity contribution in [1.29, 1.82) is 0 Å². The van der Waals surface area contributed by atoms with Crippen LogP contribution in [0.3, 0.4) is 0 Å². The normalized spacial score (nSPS) is 15.7. The molecule has 1 N–H and O–H groups in total. The molecule has 1 aliphatic rings. The van der Waals surface area contributed by atoms with Crippen molar-refractivity contribution >= 4 is 11.6 Å². The second-order valence-corrected chi connectivity index (χ2v) is 7.38. The minimum atomic E-state index is 0.359. The second kappa shape index (κ2) is 8.40. The number of anilines is 2. The van der Waals surface area contributed by atoms with E-state index in [1.165, 1.54) is 0 Å². The maximum absolute atomic E-state index is 4.69. The zero-order valence-corrected chi connectivity index (χ0v) is 16.2. The van der Waals surface area contributed by atoms with Crippen LogP contribution in [0.25, 0.3) is 0 Å². The first kappa shape index (κ1) is 18.5. The third-order valence-corrected chi connectivity index (χ3v) is 4.42. The van der Waals surface area contributed by atoms with Crippen LogP contribution in [0.2, 0.25) is 0 Å². The van der Waals surface area contributed by atoms with E-state index in [-0.39, 0.29) is 0 Å². The Morgan fingerprint density at radius 3 is 2.50 bits per heavy atom. The number of hydrogen-bond donors (Lipinski definition) is 1. The Morgan fingerprint density at radius 2 is 1.81 bits per heavy atom. The maximum atomic E-state index is 4.69. The van der Waals surface area contributed by atoms with E-state index in [1.54, 1.807) is 6.33 Å². The van der Waals surface area contributed by atoms with Gasteiger partial charge >= 0.3 is 0 Å². The molecule has 0 radical (unpaired) electrons. The van der Waals surface area contributed by atoms with Crippen molar-refractivity contribution in [2.45, 2.75) is 46.2 Å². The van der Waals surface area contributed by atoms with Crippen molar-refractivity contribution in [2.24, 2.45) is 0 Å². The number of nitrogens with one attached hydrogen (secondary N) is 1. The average Bonchev–Trinajstić information content (AvgIpc) is 2.62. The lowest BCUT2D eigenvalue weighted by Crippen LogP contribution is -2.46. The number of piperazine rings is 1. The molecule has 0 atom stereocenters. The van der Waals surface area contributed by atoms with Crippen molar-refractivity contribution in [3.63, 3.8) is 0 Å². The third-order valence-electron chi connectivity index (χ3n) is 4.42. The lowest BCUT2D eigenvalue weighted by molar-refractivity contribution is 0.246. The Bertz CT molecular complexity index is 709. The summed E-state index contributed by atoms with van der Waals surface area (Å²) >= 11 is 0. The summed E-state index contributed by atoms with van der Waals surface area (Å²) < 4.78 is 0. The summed E-state index contributed by atoms with van der Waals surface area (Å²) in [4.78, 5) is 22.5. The standard InChI is InChI=1S/C19H29N7/c1-14(2)19-20-6-5-16(24-19)12-25-7-9-26(10-8-25)18-11-17(21-13-22-18)23-15(3)4/h5-6,11,13-15H,7-10,12H2,1-4H3,(H,21,22,23). The molecule has 7 heteroatoms. The first-order valence-electron chi connectivity index (χ1n) is 9.39. The highest BCUT2D eigenvalue weighted by molar-refractivity contribution is 5.49. The topological polar surface area (TPSA) is 70.1 Å². The van der Waals surface area contributed by atoms with E-state index in [1.807, 2.05) is 18.3 Å². The van der Waals surface area contributed by atoms with Gasteiger partial charge in [0.15, 0.2) is 0 Å². The van der Waals surface area contributed by atoms with E-state index in [9.17, 15) is 0 Å². The van der Waals surface area contributed by atoms with Gasteiger partial charge in [-0.05, 0) is 19.9 Å². The second-order valence-electron chi connectivity index (χ2n) is 7.38. The van der Waals surface area contributed by atoms with Gasteiger partial charge in [-0.15, -0.1) is 0 Å². The SMILES string of the molecule is CC(C)Nc1cc(N2CCN(Cc3ccnc(C(C)C)n3)CC2)ncn1. The zero-order valence-electron chi connectivity index (χ0n) is 16.2. The molecule has 3 heterocycles. The molecule has 1 aliphatic heterocycles. The Labute approximate surface area is 155 Å². The van der Waals surface area contributed by atoms with Crippen LogP contribution in [0.15, 0.2) is 24.7 Å². The van der Waals surface area contributed by atoms with Crippen molar-refractivity contribution in [3.05, 3.63) is 36.2 Å². The van der Waals surface area contributed by atoms with Gasteiger partial charge in [0.05, 0.1) is 5.69 Å². The number of hydrogen-bond acceptors (Lipinski definition) is 7. The molecule has 0 spiro atoms. The third kappa shape index (κ3) is 4.88. The first-order chi connectivity index (χ1) is 12.5. The van der Waals surface area contributed by atoms with Crippen molar-refractivity contribution < 1.29 is 0 Å². The van der Waals surface area contributed by atoms with E-state index in [4.69, 9.17) is 0 Å². The van der Waals surface area contributed by atoms with Crippen LogP contribution in [0, 0.1) is 0 Å². The van der Waals surface area contributed by atoms with Crippen molar-refractivity contribution in [3.8, 4) is 0 Å². The molecule has 0 unspecified atom stereocenters. The fourth-order valence-corrected chi connectivity index (χ4v) is 3.04. The predicted molar refractivity (Wildman–Crippen MR) is 104 cm³/mol. The predicted octanol–water partition coefficient (Wildman–Crippen LogP) is 2.53. The molecule has 2 aromatic heterocycles. The summed E-state index contributed by atoms with van der Waals surface area (Å²) in [6, 6.07) is 4.42. The summed E-state index contributed by atoms with van der Waals surface area (Å²) in [6.07, 6.45) is 3.51. The largest absolute Gasteiger partial charge is 0.368 e. The van der Waals surface area contributed by atoms with Gasteiger partial charge in [-0.1, -0.05) is 13.8 Å². The molecule has 1 fully saturated rings. The maximum Gasteiger partial charge on any atom is 0.134 e. The molecule has 0 amide bonds. The smallest absolute Gasteiger partial charge is 0.134 e. The molecule has 140 valence electrons. The fraction of sp³-hybridized carbons (Fsp3) is 0.579. The molecular formula is C19H29N7. The molecule has 26 heavy (non-hydrogen) atoms. The van der Waals surface area contributed by atoms with Crippen LogP contribution in [0.5, 0.6) is 0 Å². The quantitative estimate of drug-likeness (QED) is 0.854. The Kier molecular flexibility index (Phi) is 5.98. The molecule has 7 nitrogen and oxygen atoms in total. The van der Waals surface area contributed by atoms with E-state index in [2.05, 4.69) is 62.7 Å². The molecule has 1 saturated heterocycles. The zero-order chi connectivity index (χ0) is 18.5. The lowest BCUT2D eigenvalue weighted by atomic mass is 10.2. The van der Waals surface area contributed by atoms with Crippen molar-refractivity contribution in [1.82, 2.24) is 24.8 Å². The average molecular weight is 355 g/mol. The van der Waals surface area contributed by atoms with E-state index in [0.29, 0.717) is 12.0 Å². The lowest BCUT2D eigenvalue weighted by Gasteiger charge is -2.35. The minimum Gasteiger partial charge on any atom is -0.368 e. The summed E-state index contributed by atoms with van der Waals surface area (Å²) in [5.74, 6) is 3.16. The van der Waals surface area contributed by atoms with Crippen LogP contribution in [0.4, 0.5) is 11.6 Å².